The summed E-state index contributed by atoms with van der Waals surface area (Å²) in [5, 5.41) is 12.4. The lowest BCUT2D eigenvalue weighted by Gasteiger charge is -2.36. The number of likely N-dealkylation sites (tertiary alicyclic amines) is 1. The number of nitrogens with one attached hydrogen (secondary N) is 1. The minimum absolute atomic E-state index is 0.0420. The molecule has 0 aromatic heterocycles. The van der Waals surface area contributed by atoms with E-state index in [1.807, 2.05) is 6.07 Å². The van der Waals surface area contributed by atoms with E-state index in [-0.39, 0.29) is 42.6 Å². The molecule has 0 bridgehead atoms. The molecule has 1 N–H and O–H groups in total. The van der Waals surface area contributed by atoms with Gasteiger partial charge in [0.1, 0.15) is 11.9 Å². The maximum absolute atomic E-state index is 14.9. The van der Waals surface area contributed by atoms with E-state index in [0.717, 1.165) is 37.0 Å². The molecule has 10 heteroatoms. The number of fused-ring (bicyclic) bond motifs is 1. The van der Waals surface area contributed by atoms with Gasteiger partial charge >= 0.3 is 6.18 Å². The van der Waals surface area contributed by atoms with Crippen LogP contribution in [-0.2, 0) is 21.1 Å². The molecule has 0 spiro atoms. The van der Waals surface area contributed by atoms with E-state index in [4.69, 9.17) is 4.74 Å². The number of amides is 2. The van der Waals surface area contributed by atoms with Gasteiger partial charge in [-0.1, -0.05) is 18.2 Å². The standard InChI is InChI=1S/C28H25F4N3O3/c29-21-11-19(28(30,31)32)4-5-20(21)24(17-12-38-13-17)34-25(36)23-10-16-9-22(16)35(23)26(37)15-2-1-3-18(8-15)27(14-33)6-7-27/h1-5,8,11,16-17,22-24H,6-7,9-10,12-13H2,(H,34,36)/t16-,22-,23-,24?/m1/s1. The van der Waals surface area contributed by atoms with Crippen LogP contribution in [0.1, 0.15) is 58.8 Å². The second kappa shape index (κ2) is 8.80. The lowest BCUT2D eigenvalue weighted by Crippen LogP contribution is -2.51. The zero-order valence-corrected chi connectivity index (χ0v) is 20.3. The van der Waals surface area contributed by atoms with Gasteiger partial charge in [-0.3, -0.25) is 9.59 Å². The first-order valence-electron chi connectivity index (χ1n) is 12.7. The second-order valence-corrected chi connectivity index (χ2v) is 10.8. The first kappa shape index (κ1) is 24.9. The zero-order valence-electron chi connectivity index (χ0n) is 20.3. The van der Waals surface area contributed by atoms with Crippen molar-refractivity contribution < 1.29 is 31.9 Å². The van der Waals surface area contributed by atoms with E-state index >= 15 is 0 Å². The molecule has 38 heavy (non-hydrogen) atoms. The Kier molecular flexibility index (Phi) is 5.76. The van der Waals surface area contributed by atoms with Crippen molar-refractivity contribution in [1.29, 1.82) is 5.26 Å². The molecule has 198 valence electrons. The molecular weight excluding hydrogens is 502 g/mol. The Labute approximate surface area is 216 Å². The summed E-state index contributed by atoms with van der Waals surface area (Å²) in [4.78, 5) is 28.7. The molecule has 1 unspecified atom stereocenters. The van der Waals surface area contributed by atoms with Crippen LogP contribution in [-0.4, -0.2) is 42.0 Å². The Morgan fingerprint density at radius 2 is 1.89 bits per heavy atom. The average Bonchev–Trinajstić information content (AvgIpc) is 3.78. The van der Waals surface area contributed by atoms with E-state index < -0.39 is 41.0 Å². The minimum Gasteiger partial charge on any atom is -0.381 e. The highest BCUT2D eigenvalue weighted by atomic mass is 19.4. The van der Waals surface area contributed by atoms with Crippen LogP contribution in [0.25, 0.3) is 0 Å². The second-order valence-electron chi connectivity index (χ2n) is 10.8. The number of alkyl halides is 3. The van der Waals surface area contributed by atoms with Crippen LogP contribution in [0, 0.1) is 29.0 Å². The van der Waals surface area contributed by atoms with Crippen molar-refractivity contribution in [2.24, 2.45) is 11.8 Å². The summed E-state index contributed by atoms with van der Waals surface area (Å²) in [5.41, 5.74) is -0.495. The van der Waals surface area contributed by atoms with Crippen LogP contribution in [0.2, 0.25) is 0 Å². The van der Waals surface area contributed by atoms with Gasteiger partial charge in [-0.25, -0.2) is 4.39 Å². The lowest BCUT2D eigenvalue weighted by atomic mass is 9.90. The summed E-state index contributed by atoms with van der Waals surface area (Å²) in [6.45, 7) is 0.467. The molecule has 2 aliphatic heterocycles. The average molecular weight is 528 g/mol. The van der Waals surface area contributed by atoms with E-state index in [1.165, 1.54) is 0 Å². The SMILES string of the molecule is N#CC1(c2cccc(C(=O)N3[C@@H](C(=O)NC(c4ccc(C(F)(F)F)cc4F)C4COC4)C[C@H]4C[C@H]43)c2)CC1. The summed E-state index contributed by atoms with van der Waals surface area (Å²) in [5.74, 6) is -1.92. The number of ether oxygens (including phenoxy) is 1. The monoisotopic (exact) mass is 527 g/mol. The first-order valence-corrected chi connectivity index (χ1v) is 12.7. The number of carbonyl (C=O) groups is 2. The topological polar surface area (TPSA) is 82.4 Å². The number of nitrogens with zero attached hydrogens (tertiary/aromatic N) is 2. The van der Waals surface area contributed by atoms with Gasteiger partial charge in [0.25, 0.3) is 5.91 Å². The summed E-state index contributed by atoms with van der Waals surface area (Å²) in [6, 6.07) is 9.89. The molecule has 4 aliphatic rings. The van der Waals surface area contributed by atoms with E-state index in [9.17, 15) is 32.4 Å². The largest absolute Gasteiger partial charge is 0.416 e. The van der Waals surface area contributed by atoms with Gasteiger partial charge in [-0.05, 0) is 61.4 Å². The van der Waals surface area contributed by atoms with Crippen molar-refractivity contribution in [2.75, 3.05) is 13.2 Å². The third-order valence-electron chi connectivity index (χ3n) is 8.36. The fourth-order valence-electron chi connectivity index (χ4n) is 5.77. The Morgan fingerprint density at radius 3 is 2.50 bits per heavy atom. The highest BCUT2D eigenvalue weighted by molar-refractivity contribution is 5.99. The zero-order chi connectivity index (χ0) is 26.8. The van der Waals surface area contributed by atoms with Gasteiger partial charge in [-0.2, -0.15) is 18.4 Å². The summed E-state index contributed by atoms with van der Waals surface area (Å²) in [6.07, 6.45) is -1.94. The highest BCUT2D eigenvalue weighted by Gasteiger charge is 2.56. The van der Waals surface area contributed by atoms with Crippen molar-refractivity contribution in [2.45, 2.75) is 55.4 Å². The molecule has 4 atom stereocenters. The smallest absolute Gasteiger partial charge is 0.381 e. The van der Waals surface area contributed by atoms with Crippen molar-refractivity contribution >= 4 is 11.8 Å². The van der Waals surface area contributed by atoms with Crippen molar-refractivity contribution in [3.63, 3.8) is 0 Å². The summed E-state index contributed by atoms with van der Waals surface area (Å²) < 4.78 is 59.2. The fraction of sp³-hybridized carbons (Fsp3) is 0.464. The molecule has 4 fully saturated rings. The van der Waals surface area contributed by atoms with Crippen LogP contribution in [0.3, 0.4) is 0 Å². The number of rotatable bonds is 6. The quantitative estimate of drug-likeness (QED) is 0.561. The number of hydrogen-bond donors (Lipinski definition) is 1. The van der Waals surface area contributed by atoms with Gasteiger partial charge in [0.05, 0.1) is 36.3 Å². The first-order chi connectivity index (χ1) is 18.1. The van der Waals surface area contributed by atoms with Gasteiger partial charge in [0.15, 0.2) is 0 Å². The number of halogens is 4. The number of hydrogen-bond acceptors (Lipinski definition) is 4. The maximum Gasteiger partial charge on any atom is 0.416 e. The molecular formula is C28H25F4N3O3. The maximum atomic E-state index is 14.9. The van der Waals surface area contributed by atoms with E-state index in [1.54, 1.807) is 23.1 Å². The highest BCUT2D eigenvalue weighted by Crippen LogP contribution is 2.50. The predicted octanol–water partition coefficient (Wildman–Crippen LogP) is 4.51. The number of nitriles is 1. The third kappa shape index (κ3) is 4.23. The summed E-state index contributed by atoms with van der Waals surface area (Å²) >= 11 is 0. The lowest BCUT2D eigenvalue weighted by molar-refractivity contribution is -0.138. The Hall–Kier alpha value is -3.45. The van der Waals surface area contributed by atoms with Crippen molar-refractivity contribution in [3.05, 3.63) is 70.5 Å². The Bertz CT molecular complexity index is 1350. The van der Waals surface area contributed by atoms with Gasteiger partial charge in [-0.15, -0.1) is 0 Å². The number of piperidine rings is 1. The number of benzene rings is 2. The van der Waals surface area contributed by atoms with Crippen molar-refractivity contribution in [1.82, 2.24) is 10.2 Å². The fourth-order valence-corrected chi connectivity index (χ4v) is 5.77. The van der Waals surface area contributed by atoms with E-state index in [0.29, 0.717) is 18.1 Å². The number of carbonyl (C=O) groups excluding carboxylic acids is 2. The third-order valence-corrected chi connectivity index (χ3v) is 8.36. The predicted molar refractivity (Wildman–Crippen MR) is 126 cm³/mol. The van der Waals surface area contributed by atoms with Crippen molar-refractivity contribution in [3.8, 4) is 6.07 Å². The molecule has 0 radical (unpaired) electrons. The van der Waals surface area contributed by atoms with Crippen LogP contribution < -0.4 is 5.32 Å². The van der Waals surface area contributed by atoms with Crippen LogP contribution in [0.5, 0.6) is 0 Å². The van der Waals surface area contributed by atoms with Crippen LogP contribution >= 0.6 is 0 Å². The summed E-state index contributed by atoms with van der Waals surface area (Å²) in [7, 11) is 0. The molecule has 2 saturated carbocycles. The molecule has 2 aliphatic carbocycles. The molecule has 6 rings (SSSR count). The van der Waals surface area contributed by atoms with Crippen LogP contribution in [0.4, 0.5) is 17.6 Å². The minimum atomic E-state index is -4.69. The van der Waals surface area contributed by atoms with Crippen LogP contribution in [0.15, 0.2) is 42.5 Å². The van der Waals surface area contributed by atoms with Gasteiger partial charge in [0.2, 0.25) is 5.91 Å². The molecule has 2 aromatic rings. The Morgan fingerprint density at radius 1 is 1.13 bits per heavy atom. The Balaban J connectivity index is 1.24. The molecule has 2 heterocycles. The van der Waals surface area contributed by atoms with Gasteiger partial charge < -0.3 is 15.0 Å². The molecule has 2 aromatic carbocycles. The molecule has 6 nitrogen and oxygen atoms in total. The van der Waals surface area contributed by atoms with E-state index in [2.05, 4.69) is 11.4 Å². The molecule has 2 amide bonds. The van der Waals surface area contributed by atoms with Gasteiger partial charge in [0, 0.05) is 23.1 Å². The normalized spacial score (nSPS) is 26.1. The molecule has 2 saturated heterocycles.